The SMILES string of the molecule is CCCOc1cc(NCC2CCSCC2)ccc1N. The summed E-state index contributed by atoms with van der Waals surface area (Å²) in [7, 11) is 0. The van der Waals surface area contributed by atoms with Gasteiger partial charge in [-0.2, -0.15) is 11.8 Å². The minimum atomic E-state index is 0.716. The van der Waals surface area contributed by atoms with Crippen LogP contribution < -0.4 is 15.8 Å². The molecule has 0 spiro atoms. The standard InChI is InChI=1S/C15H24N2OS/c1-2-7-18-15-10-13(3-4-14(15)16)17-11-12-5-8-19-9-6-12/h3-4,10,12,17H,2,5-9,11,16H2,1H3. The molecule has 0 aromatic heterocycles. The second-order valence-corrected chi connectivity index (χ2v) is 6.26. The molecular weight excluding hydrogens is 256 g/mol. The summed E-state index contributed by atoms with van der Waals surface area (Å²) in [5.74, 6) is 4.21. The lowest BCUT2D eigenvalue weighted by Gasteiger charge is -2.22. The predicted octanol–water partition coefficient (Wildman–Crippen LogP) is 3.61. The molecule has 3 N–H and O–H groups in total. The molecule has 1 aromatic carbocycles. The average molecular weight is 280 g/mol. The lowest BCUT2D eigenvalue weighted by molar-refractivity contribution is 0.319. The van der Waals surface area contributed by atoms with Crippen LogP contribution in [0.4, 0.5) is 11.4 Å². The van der Waals surface area contributed by atoms with Gasteiger partial charge in [0, 0.05) is 18.3 Å². The number of nitrogen functional groups attached to an aromatic ring is 1. The Bertz CT molecular complexity index is 392. The summed E-state index contributed by atoms with van der Waals surface area (Å²) in [4.78, 5) is 0. The van der Waals surface area contributed by atoms with E-state index in [-0.39, 0.29) is 0 Å². The smallest absolute Gasteiger partial charge is 0.144 e. The largest absolute Gasteiger partial charge is 0.491 e. The van der Waals surface area contributed by atoms with E-state index in [2.05, 4.69) is 24.0 Å². The van der Waals surface area contributed by atoms with Crippen LogP contribution in [-0.2, 0) is 0 Å². The van der Waals surface area contributed by atoms with E-state index in [1.54, 1.807) is 0 Å². The lowest BCUT2D eigenvalue weighted by atomic mass is 10.0. The molecule has 19 heavy (non-hydrogen) atoms. The average Bonchev–Trinajstić information content (AvgIpc) is 2.46. The molecule has 3 nitrogen and oxygen atoms in total. The normalized spacial score (nSPS) is 16.3. The Hall–Kier alpha value is -1.03. The molecule has 0 aliphatic carbocycles. The van der Waals surface area contributed by atoms with Crippen molar-refractivity contribution in [3.05, 3.63) is 18.2 Å². The second kappa shape index (κ2) is 7.53. The van der Waals surface area contributed by atoms with Crippen LogP contribution in [0, 0.1) is 5.92 Å². The third kappa shape index (κ3) is 4.53. The molecule has 1 aromatic rings. The summed E-state index contributed by atoms with van der Waals surface area (Å²) in [6.07, 6.45) is 3.65. The highest BCUT2D eigenvalue weighted by Crippen LogP contribution is 2.27. The van der Waals surface area contributed by atoms with E-state index in [0.29, 0.717) is 12.3 Å². The van der Waals surface area contributed by atoms with Crippen molar-refractivity contribution in [3.8, 4) is 5.75 Å². The molecular formula is C15H24N2OS. The van der Waals surface area contributed by atoms with Gasteiger partial charge >= 0.3 is 0 Å². The third-order valence-electron chi connectivity index (χ3n) is 3.41. The Balaban J connectivity index is 1.88. The van der Waals surface area contributed by atoms with Gasteiger partial charge in [-0.3, -0.25) is 0 Å². The number of thioether (sulfide) groups is 1. The molecule has 106 valence electrons. The summed E-state index contributed by atoms with van der Waals surface area (Å²) < 4.78 is 5.65. The maximum absolute atomic E-state index is 5.91. The van der Waals surface area contributed by atoms with Gasteiger partial charge < -0.3 is 15.8 Å². The molecule has 1 saturated heterocycles. The number of nitrogens with one attached hydrogen (secondary N) is 1. The van der Waals surface area contributed by atoms with Gasteiger partial charge in [-0.1, -0.05) is 6.92 Å². The lowest BCUT2D eigenvalue weighted by Crippen LogP contribution is -2.19. The maximum Gasteiger partial charge on any atom is 0.144 e. The van der Waals surface area contributed by atoms with E-state index in [9.17, 15) is 0 Å². The Kier molecular flexibility index (Phi) is 5.70. The van der Waals surface area contributed by atoms with Crippen molar-refractivity contribution in [2.24, 2.45) is 5.92 Å². The van der Waals surface area contributed by atoms with Crippen LogP contribution in [0.2, 0.25) is 0 Å². The van der Waals surface area contributed by atoms with Crippen LogP contribution >= 0.6 is 11.8 Å². The summed E-state index contributed by atoms with van der Waals surface area (Å²) in [6.45, 7) is 3.87. The number of hydrogen-bond acceptors (Lipinski definition) is 4. The van der Waals surface area contributed by atoms with Gasteiger partial charge in [0.05, 0.1) is 12.3 Å². The third-order valence-corrected chi connectivity index (χ3v) is 4.46. The van der Waals surface area contributed by atoms with Gasteiger partial charge in [-0.25, -0.2) is 0 Å². The molecule has 0 bridgehead atoms. The molecule has 1 fully saturated rings. The minimum Gasteiger partial charge on any atom is -0.491 e. The van der Waals surface area contributed by atoms with Crippen LogP contribution in [0.1, 0.15) is 26.2 Å². The summed E-state index contributed by atoms with van der Waals surface area (Å²) in [5.41, 5.74) is 7.74. The molecule has 4 heteroatoms. The van der Waals surface area contributed by atoms with Gasteiger partial charge in [0.1, 0.15) is 5.75 Å². The number of benzene rings is 1. The van der Waals surface area contributed by atoms with Crippen molar-refractivity contribution in [2.75, 3.05) is 35.7 Å². The number of nitrogens with two attached hydrogens (primary N) is 1. The van der Waals surface area contributed by atoms with Crippen LogP contribution in [-0.4, -0.2) is 24.7 Å². The number of rotatable bonds is 6. The maximum atomic E-state index is 5.91. The van der Waals surface area contributed by atoms with E-state index in [4.69, 9.17) is 10.5 Å². The van der Waals surface area contributed by atoms with E-state index in [1.165, 1.54) is 24.3 Å². The monoisotopic (exact) mass is 280 g/mol. The van der Waals surface area contributed by atoms with E-state index in [1.807, 2.05) is 18.2 Å². The molecule has 2 rings (SSSR count). The summed E-state index contributed by atoms with van der Waals surface area (Å²) >= 11 is 2.07. The summed E-state index contributed by atoms with van der Waals surface area (Å²) in [6, 6.07) is 5.97. The first-order valence-electron chi connectivity index (χ1n) is 7.13. The van der Waals surface area contributed by atoms with Gasteiger partial charge in [-0.15, -0.1) is 0 Å². The highest BCUT2D eigenvalue weighted by atomic mass is 32.2. The highest BCUT2D eigenvalue weighted by molar-refractivity contribution is 7.99. The second-order valence-electron chi connectivity index (χ2n) is 5.04. The number of ether oxygens (including phenoxy) is 1. The summed E-state index contributed by atoms with van der Waals surface area (Å²) in [5, 5.41) is 3.51. The fourth-order valence-corrected chi connectivity index (χ4v) is 3.40. The van der Waals surface area contributed by atoms with Crippen LogP contribution in [0.3, 0.4) is 0 Å². The van der Waals surface area contributed by atoms with Crippen molar-refractivity contribution >= 4 is 23.1 Å². The molecule has 0 saturated carbocycles. The first kappa shape index (κ1) is 14.4. The van der Waals surface area contributed by atoms with Crippen molar-refractivity contribution in [2.45, 2.75) is 26.2 Å². The van der Waals surface area contributed by atoms with Gasteiger partial charge in [0.2, 0.25) is 0 Å². The molecule has 1 aliphatic rings. The zero-order valence-corrected chi connectivity index (χ0v) is 12.5. The molecule has 1 aliphatic heterocycles. The number of anilines is 2. The van der Waals surface area contributed by atoms with Crippen molar-refractivity contribution in [1.29, 1.82) is 0 Å². The van der Waals surface area contributed by atoms with E-state index in [0.717, 1.165) is 30.3 Å². The fraction of sp³-hybridized carbons (Fsp3) is 0.600. The zero-order chi connectivity index (χ0) is 13.5. The molecule has 0 radical (unpaired) electrons. The van der Waals surface area contributed by atoms with Gasteiger partial charge in [0.15, 0.2) is 0 Å². The molecule has 1 heterocycles. The van der Waals surface area contributed by atoms with Crippen LogP contribution in [0.25, 0.3) is 0 Å². The minimum absolute atomic E-state index is 0.716. The number of hydrogen-bond donors (Lipinski definition) is 2. The van der Waals surface area contributed by atoms with Crippen molar-refractivity contribution < 1.29 is 4.74 Å². The Labute approximate surface area is 120 Å². The molecule has 0 unspecified atom stereocenters. The zero-order valence-electron chi connectivity index (χ0n) is 11.7. The Morgan fingerprint density at radius 2 is 2.16 bits per heavy atom. The first-order valence-corrected chi connectivity index (χ1v) is 8.29. The molecule has 0 amide bonds. The Morgan fingerprint density at radius 3 is 2.89 bits per heavy atom. The first-order chi connectivity index (χ1) is 9.29. The van der Waals surface area contributed by atoms with E-state index < -0.39 is 0 Å². The van der Waals surface area contributed by atoms with Gasteiger partial charge in [0.25, 0.3) is 0 Å². The molecule has 0 atom stereocenters. The van der Waals surface area contributed by atoms with Crippen LogP contribution in [0.5, 0.6) is 5.75 Å². The van der Waals surface area contributed by atoms with Gasteiger partial charge in [-0.05, 0) is 48.8 Å². The quantitative estimate of drug-likeness (QED) is 0.781. The van der Waals surface area contributed by atoms with E-state index >= 15 is 0 Å². The fourth-order valence-electron chi connectivity index (χ4n) is 2.19. The van der Waals surface area contributed by atoms with Crippen LogP contribution in [0.15, 0.2) is 18.2 Å². The van der Waals surface area contributed by atoms with Crippen molar-refractivity contribution in [1.82, 2.24) is 0 Å². The van der Waals surface area contributed by atoms with Crippen molar-refractivity contribution in [3.63, 3.8) is 0 Å². The topological polar surface area (TPSA) is 47.3 Å². The Morgan fingerprint density at radius 1 is 1.37 bits per heavy atom. The highest BCUT2D eigenvalue weighted by Gasteiger charge is 2.13. The predicted molar refractivity (Wildman–Crippen MR) is 85.2 cm³/mol.